The molecule has 0 unspecified atom stereocenters. The second kappa shape index (κ2) is 5.00. The molecule has 0 radical (unpaired) electrons. The summed E-state index contributed by atoms with van der Waals surface area (Å²) >= 11 is 0. The molecule has 0 aliphatic heterocycles. The Kier molecular flexibility index (Phi) is 3.18. The molecule has 74 valence electrons. The van der Waals surface area contributed by atoms with Crippen LogP contribution < -0.4 is 0 Å². The van der Waals surface area contributed by atoms with Gasteiger partial charge in [0.1, 0.15) is 0 Å². The van der Waals surface area contributed by atoms with E-state index < -0.39 is 0 Å². The van der Waals surface area contributed by atoms with Gasteiger partial charge in [-0.15, -0.1) is 0 Å². The third-order valence-electron chi connectivity index (χ3n) is 1.92. The fourth-order valence-electron chi connectivity index (χ4n) is 1.18. The van der Waals surface area contributed by atoms with Crippen molar-refractivity contribution in [3.8, 4) is 0 Å². The first kappa shape index (κ1) is 9.52. The fraction of sp³-hybridized carbons (Fsp3) is 0.0833. The summed E-state index contributed by atoms with van der Waals surface area (Å²) in [7, 11) is 0. The smallest absolute Gasteiger partial charge is 0.0868 e. The van der Waals surface area contributed by atoms with Gasteiger partial charge in [-0.2, -0.15) is 10.2 Å². The molecule has 15 heavy (non-hydrogen) atoms. The van der Waals surface area contributed by atoms with Gasteiger partial charge < -0.3 is 0 Å². The van der Waals surface area contributed by atoms with Crippen molar-refractivity contribution in [3.63, 3.8) is 0 Å². The molecule has 0 N–H and O–H groups in total. The van der Waals surface area contributed by atoms with Crippen LogP contribution in [0.3, 0.4) is 0 Å². The summed E-state index contributed by atoms with van der Waals surface area (Å²) in [6.45, 7) is 0.572. The molecular weight excluding hydrogens is 186 g/mol. The minimum absolute atomic E-state index is 0.572. The highest BCUT2D eigenvalue weighted by Gasteiger charge is 1.88. The van der Waals surface area contributed by atoms with Crippen molar-refractivity contribution in [1.29, 1.82) is 0 Å². The van der Waals surface area contributed by atoms with Gasteiger partial charge in [0.2, 0.25) is 0 Å². The quantitative estimate of drug-likeness (QED) is 0.695. The van der Waals surface area contributed by atoms with Crippen molar-refractivity contribution in [2.24, 2.45) is 10.2 Å². The van der Waals surface area contributed by atoms with Crippen molar-refractivity contribution in [2.75, 3.05) is 0 Å². The Hall–Kier alpha value is -2.03. The van der Waals surface area contributed by atoms with Crippen LogP contribution in [0.4, 0.5) is 5.69 Å². The number of rotatable bonds is 3. The lowest BCUT2D eigenvalue weighted by atomic mass is 10.3. The summed E-state index contributed by atoms with van der Waals surface area (Å²) in [4.78, 5) is 4.01. The summed E-state index contributed by atoms with van der Waals surface area (Å²) in [5, 5.41) is 8.20. The topological polar surface area (TPSA) is 37.6 Å². The summed E-state index contributed by atoms with van der Waals surface area (Å²) in [6, 6.07) is 13.6. The molecule has 0 saturated heterocycles. The summed E-state index contributed by atoms with van der Waals surface area (Å²) in [6.07, 6.45) is 3.54. The standard InChI is InChI=1S/C12H11N3/c1-2-6-12(7-3-1)15-14-10-11-5-4-8-13-9-11/h1-9H,10H2. The highest BCUT2D eigenvalue weighted by atomic mass is 15.1. The second-order valence-corrected chi connectivity index (χ2v) is 3.10. The third kappa shape index (κ3) is 2.98. The van der Waals surface area contributed by atoms with Gasteiger partial charge >= 0.3 is 0 Å². The minimum atomic E-state index is 0.572. The zero-order chi connectivity index (χ0) is 10.3. The van der Waals surface area contributed by atoms with E-state index in [-0.39, 0.29) is 0 Å². The predicted molar refractivity (Wildman–Crippen MR) is 58.9 cm³/mol. The van der Waals surface area contributed by atoms with Gasteiger partial charge in [0.15, 0.2) is 0 Å². The van der Waals surface area contributed by atoms with Gasteiger partial charge in [-0.1, -0.05) is 24.3 Å². The van der Waals surface area contributed by atoms with Gasteiger partial charge in [0, 0.05) is 12.4 Å². The highest BCUT2D eigenvalue weighted by molar-refractivity contribution is 5.34. The van der Waals surface area contributed by atoms with Crippen LogP contribution in [0.2, 0.25) is 0 Å². The molecule has 0 bridgehead atoms. The van der Waals surface area contributed by atoms with E-state index in [2.05, 4.69) is 15.2 Å². The number of pyridine rings is 1. The van der Waals surface area contributed by atoms with Crippen LogP contribution in [0.25, 0.3) is 0 Å². The fourth-order valence-corrected chi connectivity index (χ4v) is 1.18. The average molecular weight is 197 g/mol. The largest absolute Gasteiger partial charge is 0.264 e. The number of azo groups is 1. The molecular formula is C12H11N3. The Balaban J connectivity index is 1.97. The van der Waals surface area contributed by atoms with Crippen LogP contribution in [0.1, 0.15) is 5.56 Å². The molecule has 0 amide bonds. The van der Waals surface area contributed by atoms with Gasteiger partial charge in [0.25, 0.3) is 0 Å². The Morgan fingerprint density at radius 3 is 2.60 bits per heavy atom. The number of hydrogen-bond acceptors (Lipinski definition) is 3. The van der Waals surface area contributed by atoms with Crippen molar-refractivity contribution in [2.45, 2.75) is 6.54 Å². The van der Waals surface area contributed by atoms with Crippen LogP contribution in [0.5, 0.6) is 0 Å². The summed E-state index contributed by atoms with van der Waals surface area (Å²) in [5.41, 5.74) is 1.94. The normalized spacial score (nSPS) is 10.7. The number of hydrogen-bond donors (Lipinski definition) is 0. The highest BCUT2D eigenvalue weighted by Crippen LogP contribution is 2.11. The second-order valence-electron chi connectivity index (χ2n) is 3.10. The molecule has 0 aliphatic carbocycles. The van der Waals surface area contributed by atoms with E-state index in [1.165, 1.54) is 0 Å². The molecule has 0 fully saturated rings. The Morgan fingerprint density at radius 1 is 1.00 bits per heavy atom. The van der Waals surface area contributed by atoms with Crippen LogP contribution in [0, 0.1) is 0 Å². The van der Waals surface area contributed by atoms with E-state index >= 15 is 0 Å². The molecule has 1 heterocycles. The zero-order valence-electron chi connectivity index (χ0n) is 8.24. The van der Waals surface area contributed by atoms with Gasteiger partial charge in [-0.3, -0.25) is 4.98 Å². The van der Waals surface area contributed by atoms with Crippen LogP contribution >= 0.6 is 0 Å². The van der Waals surface area contributed by atoms with Gasteiger partial charge in [-0.25, -0.2) is 0 Å². The molecule has 0 atom stereocenters. The number of nitrogens with zero attached hydrogens (tertiary/aromatic N) is 3. The molecule has 3 heteroatoms. The third-order valence-corrected chi connectivity index (χ3v) is 1.92. The van der Waals surface area contributed by atoms with E-state index in [0.29, 0.717) is 6.54 Å². The number of aromatic nitrogens is 1. The van der Waals surface area contributed by atoms with Gasteiger partial charge in [0.05, 0.1) is 12.2 Å². The lowest BCUT2D eigenvalue weighted by Crippen LogP contribution is -1.80. The van der Waals surface area contributed by atoms with Crippen molar-refractivity contribution in [3.05, 3.63) is 60.4 Å². The maximum Gasteiger partial charge on any atom is 0.0868 e. The van der Waals surface area contributed by atoms with Gasteiger partial charge in [-0.05, 0) is 23.8 Å². The first-order chi connectivity index (χ1) is 7.45. The lowest BCUT2D eigenvalue weighted by molar-refractivity contribution is 0.949. The molecule has 1 aromatic carbocycles. The SMILES string of the molecule is c1ccc(N=NCc2cccnc2)cc1. The predicted octanol–water partition coefficient (Wildman–Crippen LogP) is 3.37. The average Bonchev–Trinajstić information content (AvgIpc) is 2.32. The Morgan fingerprint density at radius 2 is 1.87 bits per heavy atom. The molecule has 0 aliphatic rings. The Labute approximate surface area is 88.5 Å². The monoisotopic (exact) mass is 197 g/mol. The Bertz CT molecular complexity index is 423. The molecule has 1 aromatic heterocycles. The van der Waals surface area contributed by atoms with E-state index in [1.807, 2.05) is 42.5 Å². The maximum absolute atomic E-state index is 4.10. The van der Waals surface area contributed by atoms with Crippen LogP contribution in [0.15, 0.2) is 65.1 Å². The van der Waals surface area contributed by atoms with Crippen molar-refractivity contribution < 1.29 is 0 Å². The minimum Gasteiger partial charge on any atom is -0.264 e. The molecule has 2 rings (SSSR count). The first-order valence-electron chi connectivity index (χ1n) is 4.76. The van der Waals surface area contributed by atoms with Crippen molar-refractivity contribution in [1.82, 2.24) is 4.98 Å². The van der Waals surface area contributed by atoms with Crippen LogP contribution in [-0.4, -0.2) is 4.98 Å². The zero-order valence-corrected chi connectivity index (χ0v) is 8.24. The van der Waals surface area contributed by atoms with E-state index in [1.54, 1.807) is 12.4 Å². The molecule has 0 saturated carbocycles. The maximum atomic E-state index is 4.10. The number of benzene rings is 1. The summed E-state index contributed by atoms with van der Waals surface area (Å²) in [5.74, 6) is 0. The molecule has 2 aromatic rings. The first-order valence-corrected chi connectivity index (χ1v) is 4.76. The molecule has 3 nitrogen and oxygen atoms in total. The lowest BCUT2D eigenvalue weighted by Gasteiger charge is -1.93. The van der Waals surface area contributed by atoms with Crippen LogP contribution in [-0.2, 0) is 6.54 Å². The summed E-state index contributed by atoms with van der Waals surface area (Å²) < 4.78 is 0. The van der Waals surface area contributed by atoms with E-state index in [9.17, 15) is 0 Å². The van der Waals surface area contributed by atoms with Crippen molar-refractivity contribution >= 4 is 5.69 Å². The van der Waals surface area contributed by atoms with E-state index in [0.717, 1.165) is 11.3 Å². The molecule has 0 spiro atoms. The van der Waals surface area contributed by atoms with E-state index in [4.69, 9.17) is 0 Å².